The first kappa shape index (κ1) is 28.0. The molecule has 0 amide bonds. The second kappa shape index (κ2) is 10.3. The summed E-state index contributed by atoms with van der Waals surface area (Å²) in [6.45, 7) is 8.99. The molecule has 0 spiro atoms. The summed E-state index contributed by atoms with van der Waals surface area (Å²) < 4.78 is 38.0. The molecular weight excluding hydrogens is 520 g/mol. The molecule has 4 aliphatic rings. The van der Waals surface area contributed by atoms with E-state index in [0.717, 1.165) is 37.7 Å². The maximum absolute atomic E-state index is 13.0. The molecular formula is C34H44O5S. The van der Waals surface area contributed by atoms with Crippen LogP contribution in [0.2, 0.25) is 0 Å². The zero-order valence-corrected chi connectivity index (χ0v) is 25.2. The van der Waals surface area contributed by atoms with E-state index in [1.165, 1.54) is 19.3 Å². The van der Waals surface area contributed by atoms with Gasteiger partial charge in [-0.2, -0.15) is 8.42 Å². The zero-order valence-electron chi connectivity index (χ0n) is 24.3. The number of esters is 1. The van der Waals surface area contributed by atoms with Crippen LogP contribution < -0.4 is 0 Å². The van der Waals surface area contributed by atoms with Crippen LogP contribution in [0.1, 0.15) is 88.1 Å². The third-order valence-corrected chi connectivity index (χ3v) is 13.2. The first-order valence-electron chi connectivity index (χ1n) is 15.3. The largest absolute Gasteiger partial charge is 0.459 e. The molecule has 6 rings (SSSR count). The molecule has 9 atom stereocenters. The highest BCUT2D eigenvalue weighted by Crippen LogP contribution is 2.70. The fourth-order valence-electron chi connectivity index (χ4n) is 9.73. The Bertz CT molecular complexity index is 1340. The van der Waals surface area contributed by atoms with Crippen LogP contribution in [-0.4, -0.2) is 26.6 Å². The molecule has 0 aliphatic heterocycles. The number of carbonyl (C=O) groups is 1. The summed E-state index contributed by atoms with van der Waals surface area (Å²) in [6, 6.07) is 16.3. The van der Waals surface area contributed by atoms with Gasteiger partial charge in [0.15, 0.2) is 0 Å². The predicted octanol–water partition coefficient (Wildman–Crippen LogP) is 7.58. The first-order valence-corrected chi connectivity index (χ1v) is 16.7. The minimum atomic E-state index is -3.76. The minimum absolute atomic E-state index is 0.108. The van der Waals surface area contributed by atoms with Crippen molar-refractivity contribution in [2.75, 3.05) is 0 Å². The molecule has 0 heterocycles. The van der Waals surface area contributed by atoms with Crippen molar-refractivity contribution in [1.82, 2.24) is 0 Å². The molecule has 2 aromatic rings. The van der Waals surface area contributed by atoms with Crippen molar-refractivity contribution in [3.63, 3.8) is 0 Å². The zero-order chi connectivity index (χ0) is 28.3. The number of ether oxygens (including phenoxy) is 1. The average Bonchev–Trinajstić information content (AvgIpc) is 3.43. The number of hydrogen-bond acceptors (Lipinski definition) is 5. The molecule has 5 nitrogen and oxygen atoms in total. The summed E-state index contributed by atoms with van der Waals surface area (Å²) in [5.74, 6) is 2.61. The van der Waals surface area contributed by atoms with Gasteiger partial charge in [-0.3, -0.25) is 4.18 Å². The quantitative estimate of drug-likeness (QED) is 0.267. The first-order chi connectivity index (χ1) is 19.0. The standard InChI is InChI=1S/C34H44O5S/c1-22-10-12-27(13-11-22)40(36,37)39-26-16-18-33(3)25(20-26)21-28-30-15-14-29(34(30,4)19-17-31(28)33)23(2)38-32(35)24-8-6-5-7-9-24/h5-13,23,25-26,28-31H,14-21H2,1-4H3/t23-,25-,26+,28+,29-,30+,31+,33+,34-/m1/s1. The van der Waals surface area contributed by atoms with Gasteiger partial charge < -0.3 is 4.74 Å². The Morgan fingerprint density at radius 2 is 1.55 bits per heavy atom. The van der Waals surface area contributed by atoms with Gasteiger partial charge in [0.2, 0.25) is 0 Å². The lowest BCUT2D eigenvalue weighted by Crippen LogP contribution is -2.46. The Balaban J connectivity index is 1.14. The Labute approximate surface area is 240 Å². The van der Waals surface area contributed by atoms with E-state index in [1.807, 2.05) is 49.4 Å². The van der Waals surface area contributed by atoms with Crippen molar-refractivity contribution < 1.29 is 22.1 Å². The van der Waals surface area contributed by atoms with E-state index in [4.69, 9.17) is 8.92 Å². The summed E-state index contributed by atoms with van der Waals surface area (Å²) >= 11 is 0. The number of rotatable bonds is 6. The number of hydrogen-bond donors (Lipinski definition) is 0. The Hall–Kier alpha value is -2.18. The molecule has 4 fully saturated rings. The molecule has 40 heavy (non-hydrogen) atoms. The lowest BCUT2D eigenvalue weighted by atomic mass is 9.54. The van der Waals surface area contributed by atoms with E-state index in [-0.39, 0.29) is 33.9 Å². The molecule has 0 radical (unpaired) electrons. The highest BCUT2D eigenvalue weighted by Gasteiger charge is 2.63. The molecule has 0 saturated heterocycles. The van der Waals surface area contributed by atoms with Crippen LogP contribution >= 0.6 is 0 Å². The molecule has 0 unspecified atom stereocenters. The van der Waals surface area contributed by atoms with E-state index < -0.39 is 10.1 Å². The van der Waals surface area contributed by atoms with Crippen LogP contribution in [0.4, 0.5) is 0 Å². The lowest BCUT2D eigenvalue weighted by molar-refractivity contribution is -0.0532. The van der Waals surface area contributed by atoms with Crippen molar-refractivity contribution in [2.45, 2.75) is 96.2 Å². The van der Waals surface area contributed by atoms with Crippen molar-refractivity contribution in [3.8, 4) is 0 Å². The SMILES string of the molecule is Cc1ccc(S(=O)(=O)O[C@H]2CC[C@@]3(C)[C@H](C2)C[C@@H]2[C@@H]3CC[C@]3(C)[C@@H]([C@@H](C)OC(=O)c4ccccc4)CC[C@@H]23)cc1. The Morgan fingerprint density at radius 3 is 2.27 bits per heavy atom. The fraction of sp³-hybridized carbons (Fsp3) is 0.618. The summed E-state index contributed by atoms with van der Waals surface area (Å²) in [7, 11) is -3.76. The summed E-state index contributed by atoms with van der Waals surface area (Å²) in [5, 5.41) is 0. The maximum Gasteiger partial charge on any atom is 0.338 e. The van der Waals surface area contributed by atoms with E-state index in [1.54, 1.807) is 12.1 Å². The predicted molar refractivity (Wildman–Crippen MR) is 155 cm³/mol. The van der Waals surface area contributed by atoms with E-state index >= 15 is 0 Å². The average molecular weight is 565 g/mol. The number of aryl methyl sites for hydroxylation is 1. The van der Waals surface area contributed by atoms with E-state index in [9.17, 15) is 13.2 Å². The smallest absolute Gasteiger partial charge is 0.338 e. The monoisotopic (exact) mass is 564 g/mol. The van der Waals surface area contributed by atoms with Crippen molar-refractivity contribution in [1.29, 1.82) is 0 Å². The third-order valence-electron chi connectivity index (χ3n) is 11.8. The van der Waals surface area contributed by atoms with Crippen LogP contribution in [0.5, 0.6) is 0 Å². The van der Waals surface area contributed by atoms with Gasteiger partial charge in [-0.1, -0.05) is 49.7 Å². The van der Waals surface area contributed by atoms with Gasteiger partial charge in [-0.05, 0) is 124 Å². The van der Waals surface area contributed by atoms with Gasteiger partial charge in [0, 0.05) is 5.92 Å². The van der Waals surface area contributed by atoms with Gasteiger partial charge in [0.25, 0.3) is 10.1 Å². The van der Waals surface area contributed by atoms with Crippen LogP contribution in [0.3, 0.4) is 0 Å². The molecule has 4 saturated carbocycles. The lowest BCUT2D eigenvalue weighted by Gasteiger charge is -2.51. The Kier molecular flexibility index (Phi) is 7.18. The summed E-state index contributed by atoms with van der Waals surface area (Å²) in [6.07, 6.45) is 8.17. The summed E-state index contributed by atoms with van der Waals surface area (Å²) in [5.41, 5.74) is 2.08. The molecule has 0 bridgehead atoms. The third kappa shape index (κ3) is 4.73. The molecule has 2 aromatic carbocycles. The van der Waals surface area contributed by atoms with Crippen LogP contribution in [-0.2, 0) is 19.0 Å². The Morgan fingerprint density at radius 1 is 0.875 bits per heavy atom. The molecule has 216 valence electrons. The molecule has 0 aromatic heterocycles. The van der Waals surface area contributed by atoms with Crippen LogP contribution in [0.25, 0.3) is 0 Å². The molecule has 0 N–H and O–H groups in total. The molecule has 4 aliphatic carbocycles. The fourth-order valence-corrected chi connectivity index (χ4v) is 10.8. The number of fused-ring (bicyclic) bond motifs is 5. The van der Waals surface area contributed by atoms with Gasteiger partial charge in [-0.25, -0.2) is 4.79 Å². The van der Waals surface area contributed by atoms with Gasteiger partial charge in [0.1, 0.15) is 6.10 Å². The topological polar surface area (TPSA) is 69.7 Å². The minimum Gasteiger partial charge on any atom is -0.459 e. The normalized spacial score (nSPS) is 37.7. The van der Waals surface area contributed by atoms with Gasteiger partial charge in [0.05, 0.1) is 16.6 Å². The van der Waals surface area contributed by atoms with Gasteiger partial charge >= 0.3 is 5.97 Å². The van der Waals surface area contributed by atoms with E-state index in [0.29, 0.717) is 35.2 Å². The second-order valence-corrected chi connectivity index (χ2v) is 15.4. The second-order valence-electron chi connectivity index (χ2n) is 13.8. The number of benzene rings is 2. The van der Waals surface area contributed by atoms with Crippen LogP contribution in [0.15, 0.2) is 59.5 Å². The van der Waals surface area contributed by atoms with Crippen molar-refractivity contribution >= 4 is 16.1 Å². The van der Waals surface area contributed by atoms with Crippen LogP contribution in [0, 0.1) is 47.3 Å². The highest BCUT2D eigenvalue weighted by molar-refractivity contribution is 7.86. The highest BCUT2D eigenvalue weighted by atomic mass is 32.2. The maximum atomic E-state index is 13.0. The van der Waals surface area contributed by atoms with Gasteiger partial charge in [-0.15, -0.1) is 0 Å². The summed E-state index contributed by atoms with van der Waals surface area (Å²) in [4.78, 5) is 13.1. The van der Waals surface area contributed by atoms with Crippen molar-refractivity contribution in [2.24, 2.45) is 40.4 Å². The molecule has 6 heteroatoms. The van der Waals surface area contributed by atoms with Crippen molar-refractivity contribution in [3.05, 3.63) is 65.7 Å². The van der Waals surface area contributed by atoms with E-state index in [2.05, 4.69) is 20.8 Å². The number of carbonyl (C=O) groups excluding carboxylic acids is 1.